The zero-order valence-corrected chi connectivity index (χ0v) is 39.9. The zero-order chi connectivity index (χ0) is 48.5. The summed E-state index contributed by atoms with van der Waals surface area (Å²) in [6, 6.07) is 12.2. The molecule has 0 spiro atoms. The minimum atomic E-state index is -0.991. The second-order valence-electron chi connectivity index (χ2n) is 16.0. The average Bonchev–Trinajstić information content (AvgIpc) is 3.30. The highest BCUT2D eigenvalue weighted by Crippen LogP contribution is 2.16. The van der Waals surface area contributed by atoms with Crippen LogP contribution in [0.3, 0.4) is 0 Å². The van der Waals surface area contributed by atoms with Gasteiger partial charge < -0.3 is 44.4 Å². The van der Waals surface area contributed by atoms with Crippen molar-refractivity contribution in [1.29, 1.82) is 0 Å². The molecule has 3 N–H and O–H groups in total. The van der Waals surface area contributed by atoms with Crippen LogP contribution in [0, 0.1) is 0 Å². The Morgan fingerprint density at radius 1 is 0.591 bits per heavy atom. The Kier molecular flexibility index (Phi) is 29.2. The third-order valence-corrected chi connectivity index (χ3v) is 10.2. The average molecular weight is 927 g/mol. The zero-order valence-electron chi connectivity index (χ0n) is 39.9. The minimum Gasteiger partial charge on any atom is -0.466 e. The summed E-state index contributed by atoms with van der Waals surface area (Å²) >= 11 is 0. The van der Waals surface area contributed by atoms with Crippen LogP contribution in [0.1, 0.15) is 128 Å². The summed E-state index contributed by atoms with van der Waals surface area (Å²) in [5.41, 5.74) is 0.977. The highest BCUT2D eigenvalue weighted by atomic mass is 16.6. The normalized spacial score (nSPS) is 12.8. The summed E-state index contributed by atoms with van der Waals surface area (Å²) in [6.07, 6.45) is 4.75. The maximum absolute atomic E-state index is 13.2. The van der Waals surface area contributed by atoms with Crippen molar-refractivity contribution in [2.45, 2.75) is 136 Å². The number of hydrogen-bond donors (Lipinski definition) is 3. The van der Waals surface area contributed by atoms with E-state index in [0.717, 1.165) is 25.7 Å². The van der Waals surface area contributed by atoms with Crippen LogP contribution in [0.4, 0.5) is 4.79 Å². The van der Waals surface area contributed by atoms with E-state index < -0.39 is 54.1 Å². The van der Waals surface area contributed by atoms with Gasteiger partial charge in [0.15, 0.2) is 5.78 Å². The van der Waals surface area contributed by atoms with Crippen molar-refractivity contribution in [1.82, 2.24) is 20.9 Å². The number of ketones is 1. The van der Waals surface area contributed by atoms with E-state index in [9.17, 15) is 33.6 Å². The third kappa shape index (κ3) is 24.2. The van der Waals surface area contributed by atoms with Crippen LogP contribution in [0.2, 0.25) is 0 Å². The summed E-state index contributed by atoms with van der Waals surface area (Å²) in [4.78, 5) is 91.9. The maximum Gasteiger partial charge on any atom is 0.412 e. The summed E-state index contributed by atoms with van der Waals surface area (Å²) in [5, 5.41) is 8.94. The van der Waals surface area contributed by atoms with Gasteiger partial charge in [0.05, 0.1) is 52.2 Å². The quantitative estimate of drug-likeness (QED) is 0.0309. The number of benzene rings is 2. The number of nitrogens with zero attached hydrogens (tertiary/aromatic N) is 1. The standard InChI is InChI=1S/C49H74N4O13/c1-7-11-27-61-44(55)32-41(47(58)64-29-13-9-3)51-34-37(6)53(35-36(5)52-42(48(59)65-30-14-10-4)33-45(56)62-28-12-8-2)26-24-43(54)63-31-25-50-49(60)66-40-22-20-39(21-23-40)46(57)38-18-16-15-17-19-38/h15-23,36-37,41-42,51-52H,7-14,24-35H2,1-6H3,(H,50,60). The Bertz CT molecular complexity index is 1740. The largest absolute Gasteiger partial charge is 0.466 e. The van der Waals surface area contributed by atoms with E-state index in [1.165, 1.54) is 12.1 Å². The first-order valence-electron chi connectivity index (χ1n) is 23.5. The molecule has 0 aliphatic heterocycles. The molecule has 66 heavy (non-hydrogen) atoms. The highest BCUT2D eigenvalue weighted by Gasteiger charge is 2.29. The molecule has 0 heterocycles. The van der Waals surface area contributed by atoms with Gasteiger partial charge in [-0.2, -0.15) is 0 Å². The summed E-state index contributed by atoms with van der Waals surface area (Å²) in [5.74, 6) is -2.70. The molecule has 368 valence electrons. The van der Waals surface area contributed by atoms with Gasteiger partial charge in [-0.25, -0.2) is 4.79 Å². The Hall–Kier alpha value is -5.39. The molecule has 17 heteroatoms. The topological polar surface area (TPSA) is 214 Å². The third-order valence-electron chi connectivity index (χ3n) is 10.2. The number of unbranched alkanes of at least 4 members (excludes halogenated alkanes) is 4. The SMILES string of the molecule is CCCCOC(=O)CC(NCC(C)N(CCC(=O)OCCNC(=O)Oc1ccc(C(=O)c2ccccc2)cc1)CC(C)NC(CC(=O)OCCCC)C(=O)OCCCC)C(=O)OCCCC. The number of hydrogen-bond acceptors (Lipinski definition) is 16. The first-order valence-corrected chi connectivity index (χ1v) is 23.5. The number of esters is 5. The fourth-order valence-corrected chi connectivity index (χ4v) is 6.28. The van der Waals surface area contributed by atoms with E-state index in [-0.39, 0.29) is 96.1 Å². The molecule has 0 saturated carbocycles. The number of rotatable bonds is 35. The van der Waals surface area contributed by atoms with Gasteiger partial charge in [0.25, 0.3) is 0 Å². The van der Waals surface area contributed by atoms with E-state index in [4.69, 9.17) is 28.4 Å². The van der Waals surface area contributed by atoms with Gasteiger partial charge in [0, 0.05) is 42.8 Å². The summed E-state index contributed by atoms with van der Waals surface area (Å²) in [7, 11) is 0. The lowest BCUT2D eigenvalue weighted by Crippen LogP contribution is -2.53. The fourth-order valence-electron chi connectivity index (χ4n) is 6.28. The van der Waals surface area contributed by atoms with Crippen LogP contribution in [-0.4, -0.2) is 130 Å². The van der Waals surface area contributed by atoms with Crippen LogP contribution >= 0.6 is 0 Å². The fraction of sp³-hybridized carbons (Fsp3) is 0.612. The van der Waals surface area contributed by atoms with Gasteiger partial charge in [-0.3, -0.25) is 33.7 Å². The van der Waals surface area contributed by atoms with Crippen LogP contribution < -0.4 is 20.7 Å². The number of nitrogens with one attached hydrogen (secondary N) is 3. The predicted octanol–water partition coefficient (Wildman–Crippen LogP) is 6.09. The molecule has 4 unspecified atom stereocenters. The predicted molar refractivity (Wildman–Crippen MR) is 248 cm³/mol. The Balaban J connectivity index is 2.10. The van der Waals surface area contributed by atoms with Gasteiger partial charge in [0.1, 0.15) is 24.4 Å². The van der Waals surface area contributed by atoms with E-state index in [1.54, 1.807) is 36.4 Å². The van der Waals surface area contributed by atoms with Gasteiger partial charge in [-0.05, 0) is 63.8 Å². The molecule has 0 fully saturated rings. The number of carbonyl (C=O) groups excluding carboxylic acids is 7. The van der Waals surface area contributed by atoms with E-state index >= 15 is 0 Å². The van der Waals surface area contributed by atoms with E-state index in [2.05, 4.69) is 16.0 Å². The van der Waals surface area contributed by atoms with Crippen molar-refractivity contribution in [3.05, 3.63) is 65.7 Å². The molecule has 2 aromatic carbocycles. The molecular weight excluding hydrogens is 853 g/mol. The molecule has 0 radical (unpaired) electrons. The molecule has 0 bridgehead atoms. The van der Waals surface area contributed by atoms with Crippen molar-refractivity contribution in [2.24, 2.45) is 0 Å². The number of carbonyl (C=O) groups is 7. The lowest BCUT2D eigenvalue weighted by Gasteiger charge is -2.33. The van der Waals surface area contributed by atoms with Crippen molar-refractivity contribution in [3.8, 4) is 5.75 Å². The molecule has 0 aromatic heterocycles. The smallest absolute Gasteiger partial charge is 0.412 e. The van der Waals surface area contributed by atoms with Crippen LogP contribution in [0.25, 0.3) is 0 Å². The molecule has 2 rings (SSSR count). The van der Waals surface area contributed by atoms with Crippen molar-refractivity contribution in [3.63, 3.8) is 0 Å². The van der Waals surface area contributed by atoms with Crippen molar-refractivity contribution < 1.29 is 62.0 Å². The van der Waals surface area contributed by atoms with E-state index in [0.29, 0.717) is 36.8 Å². The molecule has 0 saturated heterocycles. The summed E-state index contributed by atoms with van der Waals surface area (Å²) < 4.78 is 32.4. The first-order chi connectivity index (χ1) is 31.8. The Morgan fingerprint density at radius 2 is 1.09 bits per heavy atom. The van der Waals surface area contributed by atoms with Crippen molar-refractivity contribution >= 4 is 41.7 Å². The van der Waals surface area contributed by atoms with Crippen LogP contribution in [0.15, 0.2) is 54.6 Å². The molecule has 17 nitrogen and oxygen atoms in total. The second-order valence-corrected chi connectivity index (χ2v) is 16.0. The van der Waals surface area contributed by atoms with Crippen LogP contribution in [0.5, 0.6) is 5.75 Å². The van der Waals surface area contributed by atoms with Gasteiger partial charge >= 0.3 is 35.9 Å². The molecule has 4 atom stereocenters. The maximum atomic E-state index is 13.2. The second kappa shape index (κ2) is 34.0. The molecular formula is C49H74N4O13. The number of ether oxygens (including phenoxy) is 6. The Labute approximate surface area is 390 Å². The minimum absolute atomic E-state index is 0.0343. The molecule has 0 aliphatic carbocycles. The lowest BCUT2D eigenvalue weighted by atomic mass is 10.0. The van der Waals surface area contributed by atoms with Gasteiger partial charge in [-0.1, -0.05) is 83.7 Å². The van der Waals surface area contributed by atoms with Crippen LogP contribution in [-0.2, 0) is 47.7 Å². The molecule has 2 aromatic rings. The highest BCUT2D eigenvalue weighted by molar-refractivity contribution is 6.09. The summed E-state index contributed by atoms with van der Waals surface area (Å²) in [6.45, 7) is 13.0. The monoisotopic (exact) mass is 927 g/mol. The van der Waals surface area contributed by atoms with Gasteiger partial charge in [0.2, 0.25) is 0 Å². The number of amides is 1. The van der Waals surface area contributed by atoms with Crippen molar-refractivity contribution in [2.75, 3.05) is 59.2 Å². The molecule has 1 amide bonds. The van der Waals surface area contributed by atoms with E-state index in [1.807, 2.05) is 52.5 Å². The lowest BCUT2D eigenvalue weighted by molar-refractivity contribution is -0.153. The Morgan fingerprint density at radius 3 is 1.65 bits per heavy atom. The first kappa shape index (κ1) is 56.7. The molecule has 0 aliphatic rings. The van der Waals surface area contributed by atoms with Gasteiger partial charge in [-0.15, -0.1) is 0 Å².